The molecule has 2 aromatic heterocycles. The third-order valence-electron chi connectivity index (χ3n) is 10.3. The highest BCUT2D eigenvalue weighted by atomic mass is 79.9. The van der Waals surface area contributed by atoms with Crippen molar-refractivity contribution in [3.63, 3.8) is 0 Å². The minimum absolute atomic E-state index is 0.144. The van der Waals surface area contributed by atoms with Crippen LogP contribution in [-0.4, -0.2) is 65.0 Å². The number of para-hydroxylation sites is 4. The number of aromatic nitrogens is 2. The van der Waals surface area contributed by atoms with Gasteiger partial charge in [-0.1, -0.05) is 99.6 Å². The molecule has 61 heavy (non-hydrogen) atoms. The Morgan fingerprint density at radius 3 is 1.28 bits per heavy atom. The highest BCUT2D eigenvalue weighted by Crippen LogP contribution is 2.39. The summed E-state index contributed by atoms with van der Waals surface area (Å²) in [5.74, 6) is 0.272. The van der Waals surface area contributed by atoms with E-state index >= 15 is 0 Å². The first kappa shape index (κ1) is 47.2. The summed E-state index contributed by atoms with van der Waals surface area (Å²) in [5.41, 5.74) is 8.26. The molecule has 0 aliphatic carbocycles. The van der Waals surface area contributed by atoms with Gasteiger partial charge in [0.25, 0.3) is 0 Å². The van der Waals surface area contributed by atoms with Crippen LogP contribution in [-0.2, 0) is 9.59 Å². The molecule has 8 nitrogen and oxygen atoms in total. The van der Waals surface area contributed by atoms with Crippen LogP contribution in [0, 0.1) is 13.8 Å². The van der Waals surface area contributed by atoms with Crippen LogP contribution in [0.15, 0.2) is 132 Å². The molecule has 1 aliphatic heterocycles. The first-order valence-corrected chi connectivity index (χ1v) is 22.6. The van der Waals surface area contributed by atoms with Crippen LogP contribution in [0.2, 0.25) is 0 Å². The zero-order chi connectivity index (χ0) is 44.2. The molecule has 2 N–H and O–H groups in total. The second kappa shape index (κ2) is 22.3. The Labute approximate surface area is 384 Å². The van der Waals surface area contributed by atoms with E-state index in [0.29, 0.717) is 23.1 Å². The molecule has 6 aromatic carbocycles. The van der Waals surface area contributed by atoms with Gasteiger partial charge in [-0.2, -0.15) is 0 Å². The number of carbonyl (C=O) groups excluding carboxylic acids is 2. The fraction of sp³-hybridized carbons (Fsp3) is 0.224. The van der Waals surface area contributed by atoms with Gasteiger partial charge in [0.15, 0.2) is 5.75 Å². The smallest absolute Gasteiger partial charge is 0.239 e. The summed E-state index contributed by atoms with van der Waals surface area (Å²) >= 11 is 15.8. The molecule has 2 amide bonds. The maximum absolute atomic E-state index is 10.5. The lowest BCUT2D eigenvalue weighted by molar-refractivity contribution is -0.131. The maximum atomic E-state index is 10.5. The van der Waals surface area contributed by atoms with E-state index in [1.54, 1.807) is 6.07 Å². The molecule has 1 saturated heterocycles. The summed E-state index contributed by atoms with van der Waals surface area (Å²) < 4.78 is 5.95. The van der Waals surface area contributed by atoms with Gasteiger partial charge in [-0.25, -0.2) is 3.93 Å². The van der Waals surface area contributed by atoms with Gasteiger partial charge in [-0.3, -0.25) is 9.59 Å². The van der Waals surface area contributed by atoms with Crippen LogP contribution >= 0.6 is 55.3 Å². The van der Waals surface area contributed by atoms with Crippen molar-refractivity contribution in [3.8, 4) is 22.9 Å². The van der Waals surface area contributed by atoms with Crippen molar-refractivity contribution in [3.05, 3.63) is 143 Å². The standard InChI is InChI=1S/C19H14BrNO.C19H15NO.C6H15N.C4H4BrNO2.CH2Cl2/c1-12-10-15(20)19(22)18(11-12)21-16-8-4-2-6-13(16)14-7-3-5-9-17(14)21;1-13-10-11-19(21)18(12-13)20-16-8-4-2-6-14(16)15-7-3-5-9-17(15)20;1-4-7(5-2)6-3;5-6-3(7)1-2-4(6)8;2-1-3/h2-11,22H,1H3;2-12,21H,1H3;4-6H2,1-3H3;1-2H2;1H2. The lowest BCUT2D eigenvalue weighted by Gasteiger charge is -2.13. The molecule has 0 unspecified atom stereocenters. The molecule has 0 spiro atoms. The summed E-state index contributed by atoms with van der Waals surface area (Å²) in [7, 11) is 0. The number of fused-ring (bicyclic) bond motifs is 6. The second-order valence-electron chi connectivity index (χ2n) is 14.1. The quantitative estimate of drug-likeness (QED) is 0.102. The van der Waals surface area contributed by atoms with E-state index < -0.39 is 0 Å². The third-order valence-corrected chi connectivity index (χ3v) is 11.7. The van der Waals surface area contributed by atoms with Crippen LogP contribution < -0.4 is 0 Å². The van der Waals surface area contributed by atoms with Gasteiger partial charge >= 0.3 is 0 Å². The molecule has 0 radical (unpaired) electrons. The van der Waals surface area contributed by atoms with Crippen molar-refractivity contribution >= 4 is 111 Å². The lowest BCUT2D eigenvalue weighted by atomic mass is 10.2. The molecule has 0 bridgehead atoms. The zero-order valence-corrected chi connectivity index (χ0v) is 39.6. The number of benzene rings is 6. The van der Waals surface area contributed by atoms with E-state index in [4.69, 9.17) is 23.2 Å². The number of aromatic hydroxyl groups is 2. The summed E-state index contributed by atoms with van der Waals surface area (Å²) in [6.07, 6.45) is 0.703. The number of rotatable bonds is 5. The van der Waals surface area contributed by atoms with E-state index in [1.165, 1.54) is 41.2 Å². The fourth-order valence-electron chi connectivity index (χ4n) is 7.28. The van der Waals surface area contributed by atoms with Gasteiger partial charge in [0.1, 0.15) is 5.75 Å². The van der Waals surface area contributed by atoms with Crippen molar-refractivity contribution in [2.75, 3.05) is 25.0 Å². The van der Waals surface area contributed by atoms with E-state index in [-0.39, 0.29) is 22.9 Å². The molecule has 12 heteroatoms. The number of phenolic OH excluding ortho intramolecular Hbond substituents is 2. The van der Waals surface area contributed by atoms with E-state index in [1.807, 2.05) is 74.5 Å². The molecule has 0 atom stereocenters. The van der Waals surface area contributed by atoms with Gasteiger partial charge in [0.05, 0.1) is 59.4 Å². The van der Waals surface area contributed by atoms with Crippen LogP contribution in [0.4, 0.5) is 0 Å². The number of imide groups is 1. The van der Waals surface area contributed by atoms with Gasteiger partial charge in [0, 0.05) is 34.4 Å². The molecule has 3 heterocycles. The van der Waals surface area contributed by atoms with Crippen molar-refractivity contribution < 1.29 is 19.8 Å². The zero-order valence-electron chi connectivity index (χ0n) is 34.9. The first-order valence-electron chi connectivity index (χ1n) is 20.0. The van der Waals surface area contributed by atoms with Gasteiger partial charge < -0.3 is 24.2 Å². The lowest BCUT2D eigenvalue weighted by Crippen LogP contribution is -2.21. The topological polar surface area (TPSA) is 90.9 Å². The predicted octanol–water partition coefficient (Wildman–Crippen LogP) is 13.6. The Balaban J connectivity index is 0.000000167. The average molecular weight is 990 g/mol. The van der Waals surface area contributed by atoms with E-state index in [9.17, 15) is 19.8 Å². The van der Waals surface area contributed by atoms with E-state index in [2.05, 4.69) is 128 Å². The Morgan fingerprint density at radius 2 is 0.934 bits per heavy atom. The van der Waals surface area contributed by atoms with Crippen LogP contribution in [0.1, 0.15) is 44.7 Å². The highest BCUT2D eigenvalue weighted by Gasteiger charge is 2.26. The largest absolute Gasteiger partial charge is 0.506 e. The van der Waals surface area contributed by atoms with Crippen LogP contribution in [0.5, 0.6) is 11.5 Å². The summed E-state index contributed by atoms with van der Waals surface area (Å²) in [6.45, 7) is 14.2. The Kier molecular flexibility index (Phi) is 17.3. The number of hydrogen-bond acceptors (Lipinski definition) is 5. The van der Waals surface area contributed by atoms with Crippen LogP contribution in [0.3, 0.4) is 0 Å². The molecule has 9 rings (SSSR count). The number of nitrogens with zero attached hydrogens (tertiary/aromatic N) is 4. The van der Waals surface area contributed by atoms with Crippen LogP contribution in [0.25, 0.3) is 55.0 Å². The van der Waals surface area contributed by atoms with Gasteiger partial charge in [0.2, 0.25) is 11.8 Å². The van der Waals surface area contributed by atoms with Crippen molar-refractivity contribution in [1.29, 1.82) is 0 Å². The first-order chi connectivity index (χ1) is 29.4. The molecular weight excluding hydrogens is 939 g/mol. The average Bonchev–Trinajstić information content (AvgIpc) is 3.89. The number of alkyl halides is 2. The minimum atomic E-state index is -0.144. The van der Waals surface area contributed by atoms with Crippen molar-refractivity contribution in [1.82, 2.24) is 18.0 Å². The Hall–Kier alpha value is -4.84. The monoisotopic (exact) mass is 986 g/mol. The predicted molar refractivity (Wildman–Crippen MR) is 262 cm³/mol. The molecular formula is C49H50Br2Cl2N4O4. The number of phenols is 2. The molecule has 318 valence electrons. The highest BCUT2D eigenvalue weighted by molar-refractivity contribution is 9.10. The Bertz CT molecular complexity index is 2640. The molecule has 0 saturated carbocycles. The number of amides is 2. The summed E-state index contributed by atoms with van der Waals surface area (Å²) in [5, 5.41) is 25.8. The molecule has 1 aliphatic rings. The SMILES string of the molecule is CCN(CC)CC.Cc1cc(Br)c(O)c(-n2c3ccccc3c3ccccc32)c1.Cc1ccc(O)c(-n2c3ccccc3c3ccccc32)c1.ClCCl.O=C1CCC(=O)N1Br. The van der Waals surface area contributed by atoms with Gasteiger partial charge in [-0.05, 0) is 109 Å². The van der Waals surface area contributed by atoms with Gasteiger partial charge in [-0.15, -0.1) is 23.2 Å². The fourth-order valence-corrected chi connectivity index (χ4v) is 8.20. The number of carbonyl (C=O) groups is 2. The third kappa shape index (κ3) is 11.0. The number of halogens is 4. The molecule has 1 fully saturated rings. The normalized spacial score (nSPS) is 12.1. The maximum Gasteiger partial charge on any atom is 0.239 e. The van der Waals surface area contributed by atoms with Crippen molar-refractivity contribution in [2.24, 2.45) is 0 Å². The summed E-state index contributed by atoms with van der Waals surface area (Å²) in [4.78, 5) is 23.3. The second-order valence-corrected chi connectivity index (χ2v) is 16.5. The number of hydrogen-bond donors (Lipinski definition) is 2. The minimum Gasteiger partial charge on any atom is -0.506 e. The summed E-state index contributed by atoms with van der Waals surface area (Å²) in [6, 6.07) is 42.8. The molecule has 8 aromatic rings. The van der Waals surface area contributed by atoms with E-state index in [0.717, 1.165) is 48.5 Å². The Morgan fingerprint density at radius 1 is 0.574 bits per heavy atom. The number of aryl methyl sites for hydroxylation is 2. The van der Waals surface area contributed by atoms with Crippen molar-refractivity contribution in [2.45, 2.75) is 47.5 Å².